The Bertz CT molecular complexity index is 1010. The molecule has 0 atom stereocenters. The number of carbonyl (C=O) groups is 2. The number of hydrogen-bond acceptors (Lipinski definition) is 3. The summed E-state index contributed by atoms with van der Waals surface area (Å²) in [5, 5.41) is 7.48. The van der Waals surface area contributed by atoms with Crippen LogP contribution in [0.25, 0.3) is 5.69 Å². The fourth-order valence-corrected chi connectivity index (χ4v) is 4.99. The van der Waals surface area contributed by atoms with Crippen LogP contribution in [0.3, 0.4) is 0 Å². The zero-order chi connectivity index (χ0) is 22.8. The van der Waals surface area contributed by atoms with Gasteiger partial charge in [0.25, 0.3) is 5.91 Å². The number of hydrogen-bond donors (Lipinski definition) is 1. The lowest BCUT2D eigenvalue weighted by Gasteiger charge is -2.32. The SMILES string of the molecule is Cc1nn(-c2ccc(F)cc2F)c(C)c1C(=O)N1CCC(NC(=O)CC2CCCC2)CC1. The zero-order valence-corrected chi connectivity index (χ0v) is 18.7. The molecule has 2 fully saturated rings. The highest BCUT2D eigenvalue weighted by Crippen LogP contribution is 2.28. The molecule has 1 saturated carbocycles. The van der Waals surface area contributed by atoms with E-state index in [-0.39, 0.29) is 23.5 Å². The highest BCUT2D eigenvalue weighted by atomic mass is 19.1. The molecule has 1 saturated heterocycles. The number of piperidine rings is 1. The van der Waals surface area contributed by atoms with Crippen LogP contribution in [0.4, 0.5) is 8.78 Å². The van der Waals surface area contributed by atoms with E-state index in [0.29, 0.717) is 55.2 Å². The van der Waals surface area contributed by atoms with Crippen LogP contribution in [0, 0.1) is 31.4 Å². The predicted octanol–water partition coefficient (Wildman–Crippen LogP) is 4.07. The monoisotopic (exact) mass is 444 g/mol. The maximum absolute atomic E-state index is 14.3. The summed E-state index contributed by atoms with van der Waals surface area (Å²) in [7, 11) is 0. The molecular formula is C24H30F2N4O2. The number of benzene rings is 1. The number of aryl methyl sites for hydroxylation is 1. The first-order valence-corrected chi connectivity index (χ1v) is 11.4. The summed E-state index contributed by atoms with van der Waals surface area (Å²) in [6, 6.07) is 3.38. The van der Waals surface area contributed by atoms with Crippen molar-refractivity contribution in [1.82, 2.24) is 20.0 Å². The Morgan fingerprint density at radius 2 is 1.78 bits per heavy atom. The Morgan fingerprint density at radius 1 is 1.09 bits per heavy atom. The van der Waals surface area contributed by atoms with Crippen molar-refractivity contribution in [2.75, 3.05) is 13.1 Å². The second-order valence-electron chi connectivity index (χ2n) is 9.04. The molecule has 2 heterocycles. The number of nitrogens with one attached hydrogen (secondary N) is 1. The molecule has 1 aromatic heterocycles. The van der Waals surface area contributed by atoms with Gasteiger partial charge < -0.3 is 10.2 Å². The second-order valence-corrected chi connectivity index (χ2v) is 9.04. The first kappa shape index (κ1) is 22.4. The molecule has 8 heteroatoms. The molecule has 172 valence electrons. The Labute approximate surface area is 187 Å². The van der Waals surface area contributed by atoms with Crippen molar-refractivity contribution in [3.63, 3.8) is 0 Å². The predicted molar refractivity (Wildman–Crippen MR) is 117 cm³/mol. The van der Waals surface area contributed by atoms with Gasteiger partial charge in [0.2, 0.25) is 5.91 Å². The van der Waals surface area contributed by atoms with E-state index in [2.05, 4.69) is 10.4 Å². The number of likely N-dealkylation sites (tertiary alicyclic amines) is 1. The van der Waals surface area contributed by atoms with E-state index >= 15 is 0 Å². The van der Waals surface area contributed by atoms with Crippen LogP contribution in [0.5, 0.6) is 0 Å². The molecule has 32 heavy (non-hydrogen) atoms. The third-order valence-electron chi connectivity index (χ3n) is 6.74. The van der Waals surface area contributed by atoms with Gasteiger partial charge in [-0.1, -0.05) is 12.8 Å². The van der Waals surface area contributed by atoms with Gasteiger partial charge in [0.1, 0.15) is 11.5 Å². The molecule has 1 N–H and O–H groups in total. The molecule has 0 unspecified atom stereocenters. The van der Waals surface area contributed by atoms with Crippen molar-refractivity contribution in [1.29, 1.82) is 0 Å². The summed E-state index contributed by atoms with van der Waals surface area (Å²) in [6.45, 7) is 4.52. The number of nitrogens with zero attached hydrogens (tertiary/aromatic N) is 3. The van der Waals surface area contributed by atoms with E-state index in [1.807, 2.05) is 0 Å². The van der Waals surface area contributed by atoms with E-state index in [9.17, 15) is 18.4 Å². The lowest BCUT2D eigenvalue weighted by Crippen LogP contribution is -2.47. The van der Waals surface area contributed by atoms with Crippen molar-refractivity contribution in [2.24, 2.45) is 5.92 Å². The molecule has 0 bridgehead atoms. The number of halogens is 2. The molecule has 6 nitrogen and oxygen atoms in total. The van der Waals surface area contributed by atoms with Gasteiger partial charge in [0.15, 0.2) is 5.82 Å². The van der Waals surface area contributed by atoms with Crippen molar-refractivity contribution < 1.29 is 18.4 Å². The highest BCUT2D eigenvalue weighted by Gasteiger charge is 2.29. The van der Waals surface area contributed by atoms with E-state index in [0.717, 1.165) is 18.9 Å². The van der Waals surface area contributed by atoms with E-state index < -0.39 is 11.6 Å². The van der Waals surface area contributed by atoms with Crippen molar-refractivity contribution in [3.8, 4) is 5.69 Å². The van der Waals surface area contributed by atoms with Gasteiger partial charge in [0, 0.05) is 31.6 Å². The van der Waals surface area contributed by atoms with Crippen molar-refractivity contribution >= 4 is 11.8 Å². The number of rotatable bonds is 5. The first-order chi connectivity index (χ1) is 15.3. The summed E-state index contributed by atoms with van der Waals surface area (Å²) in [4.78, 5) is 27.3. The molecule has 1 aliphatic heterocycles. The Balaban J connectivity index is 1.39. The Kier molecular flexibility index (Phi) is 6.58. The molecule has 0 spiro atoms. The van der Waals surface area contributed by atoms with Crippen LogP contribution in [-0.4, -0.2) is 45.6 Å². The van der Waals surface area contributed by atoms with Crippen LogP contribution < -0.4 is 5.32 Å². The number of carbonyl (C=O) groups excluding carboxylic acids is 2. The zero-order valence-electron chi connectivity index (χ0n) is 18.7. The second kappa shape index (κ2) is 9.38. The quantitative estimate of drug-likeness (QED) is 0.756. The maximum Gasteiger partial charge on any atom is 0.257 e. The Morgan fingerprint density at radius 3 is 2.44 bits per heavy atom. The van der Waals surface area contributed by atoms with Gasteiger partial charge in [-0.3, -0.25) is 9.59 Å². The highest BCUT2D eigenvalue weighted by molar-refractivity contribution is 5.96. The molecule has 0 radical (unpaired) electrons. The minimum absolute atomic E-state index is 0.0891. The van der Waals surface area contributed by atoms with Crippen LogP contribution in [0.2, 0.25) is 0 Å². The molecule has 2 amide bonds. The van der Waals surface area contributed by atoms with Gasteiger partial charge in [-0.2, -0.15) is 5.10 Å². The number of amides is 2. The van der Waals surface area contributed by atoms with Gasteiger partial charge in [0.05, 0.1) is 17.0 Å². The molecular weight excluding hydrogens is 414 g/mol. The Hall–Kier alpha value is -2.77. The summed E-state index contributed by atoms with van der Waals surface area (Å²) >= 11 is 0. The molecule has 2 aliphatic rings. The van der Waals surface area contributed by atoms with Crippen LogP contribution in [0.1, 0.15) is 66.7 Å². The number of aromatic nitrogens is 2. The molecule has 4 rings (SSSR count). The van der Waals surface area contributed by atoms with E-state index in [1.165, 1.54) is 29.7 Å². The van der Waals surface area contributed by atoms with Crippen molar-refractivity contribution in [2.45, 2.75) is 64.8 Å². The standard InChI is InChI=1S/C24H30F2N4O2/c1-15-23(16(2)30(28-15)21-8-7-18(25)14-20(21)26)24(32)29-11-9-19(10-12-29)27-22(31)13-17-5-3-4-6-17/h7-8,14,17,19H,3-6,9-13H2,1-2H3,(H,27,31). The van der Waals surface area contributed by atoms with E-state index in [1.54, 1.807) is 18.7 Å². The fraction of sp³-hybridized carbons (Fsp3) is 0.542. The minimum Gasteiger partial charge on any atom is -0.353 e. The van der Waals surface area contributed by atoms with Crippen LogP contribution in [-0.2, 0) is 4.79 Å². The summed E-state index contributed by atoms with van der Waals surface area (Å²) in [6.07, 6.45) is 6.77. The largest absolute Gasteiger partial charge is 0.353 e. The molecule has 1 aliphatic carbocycles. The van der Waals surface area contributed by atoms with Gasteiger partial charge in [-0.25, -0.2) is 13.5 Å². The minimum atomic E-state index is -0.733. The topological polar surface area (TPSA) is 67.2 Å². The van der Waals surface area contributed by atoms with Crippen LogP contribution in [0.15, 0.2) is 18.2 Å². The smallest absolute Gasteiger partial charge is 0.257 e. The van der Waals surface area contributed by atoms with E-state index in [4.69, 9.17) is 0 Å². The summed E-state index contributed by atoms with van der Waals surface area (Å²) in [5.74, 6) is -0.906. The molecule has 2 aromatic rings. The summed E-state index contributed by atoms with van der Waals surface area (Å²) in [5.41, 5.74) is 1.57. The lowest BCUT2D eigenvalue weighted by molar-refractivity contribution is -0.122. The fourth-order valence-electron chi connectivity index (χ4n) is 4.99. The van der Waals surface area contributed by atoms with Crippen molar-refractivity contribution in [3.05, 3.63) is 46.8 Å². The summed E-state index contributed by atoms with van der Waals surface area (Å²) < 4.78 is 28.9. The maximum atomic E-state index is 14.3. The molecule has 1 aromatic carbocycles. The van der Waals surface area contributed by atoms with Gasteiger partial charge in [-0.05, 0) is 57.6 Å². The van der Waals surface area contributed by atoms with Crippen LogP contribution >= 0.6 is 0 Å². The first-order valence-electron chi connectivity index (χ1n) is 11.4. The normalized spacial score (nSPS) is 17.7. The van der Waals surface area contributed by atoms with Gasteiger partial charge >= 0.3 is 0 Å². The lowest BCUT2D eigenvalue weighted by atomic mass is 10.0. The average molecular weight is 445 g/mol. The average Bonchev–Trinajstić information content (AvgIpc) is 3.35. The van der Waals surface area contributed by atoms with Gasteiger partial charge in [-0.15, -0.1) is 0 Å². The third kappa shape index (κ3) is 4.69. The third-order valence-corrected chi connectivity index (χ3v) is 6.74.